The zero-order chi connectivity index (χ0) is 18.6. The summed E-state index contributed by atoms with van der Waals surface area (Å²) in [6, 6.07) is 8.43. The van der Waals surface area contributed by atoms with Crippen molar-refractivity contribution in [2.45, 2.75) is 25.3 Å². The summed E-state index contributed by atoms with van der Waals surface area (Å²) in [4.78, 5) is 18.2. The van der Waals surface area contributed by atoms with E-state index in [0.717, 1.165) is 25.0 Å². The number of pyridine rings is 1. The maximum atomic E-state index is 12.6. The van der Waals surface area contributed by atoms with Crippen LogP contribution >= 0.6 is 0 Å². The number of piperidine rings is 1. The van der Waals surface area contributed by atoms with E-state index in [-0.39, 0.29) is 17.8 Å². The summed E-state index contributed by atoms with van der Waals surface area (Å²) in [5.74, 6) is 0.0890. The van der Waals surface area contributed by atoms with Crippen molar-refractivity contribution in [3.05, 3.63) is 54.4 Å². The molecule has 1 aromatic heterocycles. The van der Waals surface area contributed by atoms with Crippen molar-refractivity contribution in [3.8, 4) is 11.5 Å². The van der Waals surface area contributed by atoms with E-state index in [0.29, 0.717) is 24.4 Å². The first-order chi connectivity index (χ1) is 12.4. The molecular formula is C18H17F3N2O3. The van der Waals surface area contributed by atoms with Gasteiger partial charge in [-0.2, -0.15) is 0 Å². The predicted molar refractivity (Wildman–Crippen MR) is 86.9 cm³/mol. The van der Waals surface area contributed by atoms with E-state index >= 15 is 0 Å². The maximum Gasteiger partial charge on any atom is 0.573 e. The van der Waals surface area contributed by atoms with Crippen molar-refractivity contribution < 1.29 is 27.4 Å². The number of benzene rings is 1. The molecule has 5 nitrogen and oxygen atoms in total. The molecule has 3 rings (SSSR count). The van der Waals surface area contributed by atoms with Crippen LogP contribution in [-0.4, -0.2) is 41.3 Å². The van der Waals surface area contributed by atoms with Crippen LogP contribution in [-0.2, 0) is 0 Å². The quantitative estimate of drug-likeness (QED) is 0.829. The number of nitrogens with zero attached hydrogens (tertiary/aromatic N) is 2. The standard InChI is InChI=1S/C18H17F3N2O3/c19-18(20,21)26-15-5-3-13(4-6-15)17(24)23-11-1-2-16(12-23)25-14-7-9-22-10-8-14/h3-10,16H,1-2,11-12H2/t16-/m0/s1. The zero-order valence-electron chi connectivity index (χ0n) is 13.8. The van der Waals surface area contributed by atoms with E-state index in [1.54, 1.807) is 29.4 Å². The van der Waals surface area contributed by atoms with Gasteiger partial charge in [0.1, 0.15) is 17.6 Å². The van der Waals surface area contributed by atoms with Gasteiger partial charge in [0.25, 0.3) is 5.91 Å². The molecule has 0 spiro atoms. The zero-order valence-corrected chi connectivity index (χ0v) is 13.8. The third-order valence-corrected chi connectivity index (χ3v) is 3.95. The average Bonchev–Trinajstić information content (AvgIpc) is 2.61. The number of hydrogen-bond donors (Lipinski definition) is 0. The first-order valence-electron chi connectivity index (χ1n) is 8.12. The SMILES string of the molecule is O=C(c1ccc(OC(F)(F)F)cc1)N1CCC[C@H](Oc2ccncc2)C1. The summed E-state index contributed by atoms with van der Waals surface area (Å²) in [5.41, 5.74) is 0.309. The molecule has 138 valence electrons. The van der Waals surface area contributed by atoms with Crippen molar-refractivity contribution >= 4 is 5.91 Å². The minimum absolute atomic E-state index is 0.136. The number of amides is 1. The number of ether oxygens (including phenoxy) is 2. The molecule has 1 aromatic carbocycles. The molecule has 0 saturated carbocycles. The summed E-state index contributed by atoms with van der Waals surface area (Å²) in [7, 11) is 0. The molecule has 26 heavy (non-hydrogen) atoms. The normalized spacial score (nSPS) is 17.7. The number of aromatic nitrogens is 1. The minimum Gasteiger partial charge on any atom is -0.488 e. The minimum atomic E-state index is -4.75. The summed E-state index contributed by atoms with van der Waals surface area (Å²) in [6.45, 7) is 0.998. The number of carbonyl (C=O) groups is 1. The van der Waals surface area contributed by atoms with Crippen LogP contribution in [0.2, 0.25) is 0 Å². The van der Waals surface area contributed by atoms with E-state index in [9.17, 15) is 18.0 Å². The van der Waals surface area contributed by atoms with Crippen molar-refractivity contribution in [2.75, 3.05) is 13.1 Å². The number of likely N-dealkylation sites (tertiary alicyclic amines) is 1. The number of carbonyl (C=O) groups excluding carboxylic acids is 1. The highest BCUT2D eigenvalue weighted by molar-refractivity contribution is 5.94. The van der Waals surface area contributed by atoms with E-state index in [4.69, 9.17) is 4.74 Å². The number of hydrogen-bond acceptors (Lipinski definition) is 4. The van der Waals surface area contributed by atoms with Crippen LogP contribution in [0, 0.1) is 0 Å². The Morgan fingerprint density at radius 1 is 1.08 bits per heavy atom. The van der Waals surface area contributed by atoms with Gasteiger partial charge < -0.3 is 14.4 Å². The predicted octanol–water partition coefficient (Wildman–Crippen LogP) is 3.66. The van der Waals surface area contributed by atoms with Gasteiger partial charge in [-0.3, -0.25) is 9.78 Å². The van der Waals surface area contributed by atoms with Crippen LogP contribution in [0.4, 0.5) is 13.2 Å². The van der Waals surface area contributed by atoms with Gasteiger partial charge in [0.15, 0.2) is 0 Å². The van der Waals surface area contributed by atoms with Crippen LogP contribution in [0.15, 0.2) is 48.8 Å². The van der Waals surface area contributed by atoms with Crippen molar-refractivity contribution in [1.82, 2.24) is 9.88 Å². The second-order valence-corrected chi connectivity index (χ2v) is 5.89. The van der Waals surface area contributed by atoms with Gasteiger partial charge in [0.2, 0.25) is 0 Å². The Kier molecular flexibility index (Phi) is 5.29. The molecule has 2 heterocycles. The smallest absolute Gasteiger partial charge is 0.488 e. The number of halogens is 3. The van der Waals surface area contributed by atoms with Gasteiger partial charge in [-0.15, -0.1) is 13.2 Å². The first-order valence-corrected chi connectivity index (χ1v) is 8.12. The van der Waals surface area contributed by atoms with Gasteiger partial charge in [-0.1, -0.05) is 0 Å². The largest absolute Gasteiger partial charge is 0.573 e. The Labute approximate surface area is 148 Å². The Bertz CT molecular complexity index is 736. The Morgan fingerprint density at radius 2 is 1.77 bits per heavy atom. The summed E-state index contributed by atoms with van der Waals surface area (Å²) in [5, 5.41) is 0. The Morgan fingerprint density at radius 3 is 2.42 bits per heavy atom. The van der Waals surface area contributed by atoms with Gasteiger partial charge in [0, 0.05) is 24.5 Å². The molecule has 1 aliphatic heterocycles. The van der Waals surface area contributed by atoms with Crippen LogP contribution in [0.1, 0.15) is 23.2 Å². The fourth-order valence-corrected chi connectivity index (χ4v) is 2.81. The van der Waals surface area contributed by atoms with Gasteiger partial charge in [-0.05, 0) is 49.2 Å². The fourth-order valence-electron chi connectivity index (χ4n) is 2.81. The lowest BCUT2D eigenvalue weighted by atomic mass is 10.1. The number of rotatable bonds is 4. The molecule has 2 aromatic rings. The topological polar surface area (TPSA) is 51.7 Å². The molecular weight excluding hydrogens is 349 g/mol. The molecule has 8 heteroatoms. The molecule has 1 aliphatic rings. The van der Waals surface area contributed by atoms with E-state index in [1.807, 2.05) is 0 Å². The van der Waals surface area contributed by atoms with Crippen LogP contribution in [0.5, 0.6) is 11.5 Å². The van der Waals surface area contributed by atoms with Crippen LogP contribution in [0.3, 0.4) is 0 Å². The van der Waals surface area contributed by atoms with Gasteiger partial charge in [0.05, 0.1) is 6.54 Å². The van der Waals surface area contributed by atoms with E-state index in [2.05, 4.69) is 9.72 Å². The molecule has 1 fully saturated rings. The van der Waals surface area contributed by atoms with Gasteiger partial charge in [-0.25, -0.2) is 0 Å². The second-order valence-electron chi connectivity index (χ2n) is 5.89. The first kappa shape index (κ1) is 18.0. The molecule has 1 amide bonds. The van der Waals surface area contributed by atoms with Crippen LogP contribution < -0.4 is 9.47 Å². The lowest BCUT2D eigenvalue weighted by Gasteiger charge is -2.33. The van der Waals surface area contributed by atoms with Crippen LogP contribution in [0.25, 0.3) is 0 Å². The molecule has 0 aliphatic carbocycles. The lowest BCUT2D eigenvalue weighted by molar-refractivity contribution is -0.274. The third kappa shape index (κ3) is 4.87. The van der Waals surface area contributed by atoms with E-state index in [1.165, 1.54) is 12.1 Å². The van der Waals surface area contributed by atoms with Crippen molar-refractivity contribution in [2.24, 2.45) is 0 Å². The van der Waals surface area contributed by atoms with Crippen molar-refractivity contribution in [1.29, 1.82) is 0 Å². The molecule has 0 bridgehead atoms. The summed E-state index contributed by atoms with van der Waals surface area (Å²) < 4.78 is 46.3. The van der Waals surface area contributed by atoms with E-state index < -0.39 is 6.36 Å². The fraction of sp³-hybridized carbons (Fsp3) is 0.333. The highest BCUT2D eigenvalue weighted by atomic mass is 19.4. The molecule has 0 N–H and O–H groups in total. The Balaban J connectivity index is 1.62. The van der Waals surface area contributed by atoms with Crippen molar-refractivity contribution in [3.63, 3.8) is 0 Å². The highest BCUT2D eigenvalue weighted by Crippen LogP contribution is 2.24. The monoisotopic (exact) mass is 366 g/mol. The lowest BCUT2D eigenvalue weighted by Crippen LogP contribution is -2.44. The molecule has 1 saturated heterocycles. The molecule has 0 unspecified atom stereocenters. The summed E-state index contributed by atoms with van der Waals surface area (Å²) in [6.07, 6.45) is -0.0167. The second kappa shape index (κ2) is 7.63. The highest BCUT2D eigenvalue weighted by Gasteiger charge is 2.31. The molecule has 0 radical (unpaired) electrons. The maximum absolute atomic E-state index is 12.6. The third-order valence-electron chi connectivity index (χ3n) is 3.95. The van der Waals surface area contributed by atoms with Gasteiger partial charge >= 0.3 is 6.36 Å². The number of alkyl halides is 3. The summed E-state index contributed by atoms with van der Waals surface area (Å²) >= 11 is 0. The Hall–Kier alpha value is -2.77. The molecule has 1 atom stereocenters. The average molecular weight is 366 g/mol.